The molecule has 7 heteroatoms. The smallest absolute Gasteiger partial charge is 0.349 e. The Hall–Kier alpha value is -2.80. The van der Waals surface area contributed by atoms with E-state index in [1.165, 1.54) is 11.3 Å². The zero-order chi connectivity index (χ0) is 18.0. The van der Waals surface area contributed by atoms with E-state index in [-0.39, 0.29) is 5.69 Å². The number of rotatable bonds is 4. The minimum Gasteiger partial charge on any atom is -0.451 e. The molecule has 0 aliphatic heterocycles. The van der Waals surface area contributed by atoms with Gasteiger partial charge >= 0.3 is 5.97 Å². The number of hydrogen-bond acceptors (Lipinski definition) is 4. The fraction of sp³-hybridized carbons (Fsp3) is 0.111. The van der Waals surface area contributed by atoms with Crippen LogP contribution in [0.3, 0.4) is 0 Å². The maximum absolute atomic E-state index is 13.1. The Morgan fingerprint density at radius 1 is 1.12 bits per heavy atom. The van der Waals surface area contributed by atoms with Crippen LogP contribution in [0.5, 0.6) is 0 Å². The van der Waals surface area contributed by atoms with E-state index >= 15 is 0 Å². The number of carbonyl (C=O) groups is 2. The van der Waals surface area contributed by atoms with E-state index in [1.54, 1.807) is 0 Å². The Labute approximate surface area is 146 Å². The summed E-state index contributed by atoms with van der Waals surface area (Å²) in [7, 11) is 0. The summed E-state index contributed by atoms with van der Waals surface area (Å²) >= 11 is 1.29. The van der Waals surface area contributed by atoms with Crippen molar-refractivity contribution < 1.29 is 23.1 Å². The maximum Gasteiger partial charge on any atom is 0.349 e. The molecule has 0 aliphatic rings. The van der Waals surface area contributed by atoms with E-state index in [4.69, 9.17) is 4.74 Å². The van der Waals surface area contributed by atoms with Crippen molar-refractivity contribution >= 4 is 39.0 Å². The second kappa shape index (κ2) is 6.98. The van der Waals surface area contributed by atoms with Gasteiger partial charge in [0.15, 0.2) is 6.61 Å². The molecule has 0 fully saturated rings. The van der Waals surface area contributed by atoms with Gasteiger partial charge in [-0.05, 0) is 36.1 Å². The van der Waals surface area contributed by atoms with Crippen molar-refractivity contribution in [3.63, 3.8) is 0 Å². The van der Waals surface area contributed by atoms with Crippen LogP contribution in [-0.2, 0) is 9.53 Å². The predicted molar refractivity (Wildman–Crippen MR) is 91.8 cm³/mol. The molecule has 1 heterocycles. The molecule has 0 atom stereocenters. The average molecular weight is 361 g/mol. The van der Waals surface area contributed by atoms with E-state index in [0.717, 1.165) is 27.8 Å². The fourth-order valence-corrected chi connectivity index (χ4v) is 3.49. The van der Waals surface area contributed by atoms with Crippen LogP contribution in [0, 0.1) is 18.6 Å². The van der Waals surface area contributed by atoms with Gasteiger partial charge in [-0.1, -0.05) is 18.2 Å². The number of halogens is 2. The van der Waals surface area contributed by atoms with E-state index < -0.39 is 30.1 Å². The van der Waals surface area contributed by atoms with Crippen LogP contribution in [0.1, 0.15) is 15.2 Å². The molecule has 0 unspecified atom stereocenters. The summed E-state index contributed by atoms with van der Waals surface area (Å²) in [5, 5.41) is 3.24. The first kappa shape index (κ1) is 17.0. The number of ether oxygens (including phenoxy) is 1. The molecule has 1 amide bonds. The number of nitrogens with one attached hydrogen (secondary N) is 1. The number of benzene rings is 2. The lowest BCUT2D eigenvalue weighted by atomic mass is 10.1. The van der Waals surface area contributed by atoms with Gasteiger partial charge in [0, 0.05) is 16.5 Å². The highest BCUT2D eigenvalue weighted by Crippen LogP contribution is 2.30. The van der Waals surface area contributed by atoms with Crippen LogP contribution in [-0.4, -0.2) is 18.5 Å². The molecule has 0 bridgehead atoms. The Balaban J connectivity index is 1.65. The SMILES string of the molecule is Cc1c(C(=O)OCC(=O)Nc2cc(F)cc(F)c2)sc2ccccc12. The first-order chi connectivity index (χ1) is 11.9. The quantitative estimate of drug-likeness (QED) is 0.706. The summed E-state index contributed by atoms with van der Waals surface area (Å²) in [6, 6.07) is 10.2. The van der Waals surface area contributed by atoms with Gasteiger partial charge in [-0.25, -0.2) is 13.6 Å². The van der Waals surface area contributed by atoms with Gasteiger partial charge in [-0.2, -0.15) is 0 Å². The molecule has 1 aromatic heterocycles. The molecule has 4 nitrogen and oxygen atoms in total. The van der Waals surface area contributed by atoms with Crippen LogP contribution in [0.2, 0.25) is 0 Å². The Morgan fingerprint density at radius 2 is 1.80 bits per heavy atom. The molecule has 0 saturated carbocycles. The lowest BCUT2D eigenvalue weighted by Gasteiger charge is -2.06. The molecule has 0 radical (unpaired) electrons. The lowest BCUT2D eigenvalue weighted by molar-refractivity contribution is -0.119. The van der Waals surface area contributed by atoms with Gasteiger partial charge in [0.05, 0.1) is 0 Å². The van der Waals surface area contributed by atoms with Gasteiger partial charge in [-0.3, -0.25) is 4.79 Å². The van der Waals surface area contributed by atoms with Gasteiger partial charge < -0.3 is 10.1 Å². The topological polar surface area (TPSA) is 55.4 Å². The zero-order valence-electron chi connectivity index (χ0n) is 13.1. The summed E-state index contributed by atoms with van der Waals surface area (Å²) in [5.41, 5.74) is 0.745. The highest BCUT2D eigenvalue weighted by atomic mass is 32.1. The first-order valence-corrected chi connectivity index (χ1v) is 8.17. The summed E-state index contributed by atoms with van der Waals surface area (Å²) < 4.78 is 32.1. The first-order valence-electron chi connectivity index (χ1n) is 7.35. The zero-order valence-corrected chi connectivity index (χ0v) is 14.0. The Morgan fingerprint density at radius 3 is 2.48 bits per heavy atom. The highest BCUT2D eigenvalue weighted by molar-refractivity contribution is 7.21. The van der Waals surface area contributed by atoms with Crippen molar-refractivity contribution in [1.29, 1.82) is 0 Å². The third-order valence-electron chi connectivity index (χ3n) is 3.51. The largest absolute Gasteiger partial charge is 0.451 e. The number of carbonyl (C=O) groups excluding carboxylic acids is 2. The van der Waals surface area contributed by atoms with Crippen LogP contribution >= 0.6 is 11.3 Å². The van der Waals surface area contributed by atoms with Crippen molar-refractivity contribution in [2.45, 2.75) is 6.92 Å². The molecule has 0 spiro atoms. The predicted octanol–water partition coefficient (Wildman–Crippen LogP) is 4.28. The summed E-state index contributed by atoms with van der Waals surface area (Å²) in [6.07, 6.45) is 0. The fourth-order valence-electron chi connectivity index (χ4n) is 2.39. The number of hydrogen-bond donors (Lipinski definition) is 1. The molecule has 3 aromatic rings. The van der Waals surface area contributed by atoms with Crippen molar-refractivity contribution in [2.75, 3.05) is 11.9 Å². The summed E-state index contributed by atoms with van der Waals surface area (Å²) in [4.78, 5) is 24.4. The van der Waals surface area contributed by atoms with Gasteiger partial charge in [-0.15, -0.1) is 11.3 Å². The molecular formula is C18H13F2NO3S. The number of fused-ring (bicyclic) bond motifs is 1. The van der Waals surface area contributed by atoms with Gasteiger partial charge in [0.2, 0.25) is 0 Å². The van der Waals surface area contributed by atoms with Crippen molar-refractivity contribution in [3.8, 4) is 0 Å². The maximum atomic E-state index is 13.1. The van der Waals surface area contributed by atoms with E-state index in [2.05, 4.69) is 5.32 Å². The van der Waals surface area contributed by atoms with Crippen LogP contribution in [0.25, 0.3) is 10.1 Å². The number of thiophene rings is 1. The third kappa shape index (κ3) is 3.83. The molecule has 1 N–H and O–H groups in total. The molecule has 2 aromatic carbocycles. The third-order valence-corrected chi connectivity index (χ3v) is 4.76. The number of aryl methyl sites for hydroxylation is 1. The number of amides is 1. The molecule has 25 heavy (non-hydrogen) atoms. The lowest BCUT2D eigenvalue weighted by Crippen LogP contribution is -2.21. The van der Waals surface area contributed by atoms with Crippen molar-refractivity contribution in [3.05, 3.63) is 64.5 Å². The minimum atomic E-state index is -0.812. The molecular weight excluding hydrogens is 348 g/mol. The monoisotopic (exact) mass is 361 g/mol. The molecule has 0 saturated heterocycles. The minimum absolute atomic E-state index is 0.0448. The van der Waals surface area contributed by atoms with Crippen molar-refractivity contribution in [1.82, 2.24) is 0 Å². The van der Waals surface area contributed by atoms with Crippen LogP contribution in [0.15, 0.2) is 42.5 Å². The van der Waals surface area contributed by atoms with Crippen molar-refractivity contribution in [2.24, 2.45) is 0 Å². The van der Waals surface area contributed by atoms with Gasteiger partial charge in [0.1, 0.15) is 16.5 Å². The molecule has 3 rings (SSSR count). The Bertz CT molecular complexity index is 948. The van der Waals surface area contributed by atoms with Crippen LogP contribution < -0.4 is 5.32 Å². The normalized spacial score (nSPS) is 10.7. The molecule has 0 aliphatic carbocycles. The highest BCUT2D eigenvalue weighted by Gasteiger charge is 2.18. The second-order valence-electron chi connectivity index (χ2n) is 5.33. The Kier molecular flexibility index (Phi) is 4.76. The molecule has 128 valence electrons. The number of anilines is 1. The van der Waals surface area contributed by atoms with E-state index in [9.17, 15) is 18.4 Å². The van der Waals surface area contributed by atoms with Gasteiger partial charge in [0.25, 0.3) is 5.91 Å². The second-order valence-corrected chi connectivity index (χ2v) is 6.39. The standard InChI is InChI=1S/C18H13F2NO3S/c1-10-14-4-2-3-5-15(14)25-17(10)18(23)24-9-16(22)21-13-7-11(19)6-12(20)8-13/h2-8H,9H2,1H3,(H,21,22). The summed E-state index contributed by atoms with van der Waals surface area (Å²) in [6.45, 7) is 1.26. The van der Waals surface area contributed by atoms with E-state index in [1.807, 2.05) is 31.2 Å². The summed E-state index contributed by atoms with van der Waals surface area (Å²) in [5.74, 6) is -2.92. The van der Waals surface area contributed by atoms with E-state index in [0.29, 0.717) is 10.9 Å². The van der Waals surface area contributed by atoms with Crippen LogP contribution in [0.4, 0.5) is 14.5 Å². The average Bonchev–Trinajstić information content (AvgIpc) is 2.89. The number of esters is 1.